The van der Waals surface area contributed by atoms with Crippen molar-refractivity contribution in [1.29, 1.82) is 0 Å². The van der Waals surface area contributed by atoms with Gasteiger partial charge in [0.2, 0.25) is 5.91 Å². The third-order valence-corrected chi connectivity index (χ3v) is 7.46. The van der Waals surface area contributed by atoms with Crippen molar-refractivity contribution < 1.29 is 38.4 Å². The van der Waals surface area contributed by atoms with E-state index >= 15 is 0 Å². The maximum absolute atomic E-state index is 13.3. The molecule has 2 unspecified atom stereocenters. The van der Waals surface area contributed by atoms with Gasteiger partial charge < -0.3 is 39.4 Å². The van der Waals surface area contributed by atoms with E-state index in [0.29, 0.717) is 6.42 Å². The Hall–Kier alpha value is -3.80. The molecule has 3 aromatic carbocycles. The smallest absolute Gasteiger partial charge is 0.405 e. The van der Waals surface area contributed by atoms with E-state index < -0.39 is 49.1 Å². The van der Waals surface area contributed by atoms with Crippen LogP contribution in [0.1, 0.15) is 36.8 Å². The van der Waals surface area contributed by atoms with Crippen molar-refractivity contribution in [2.75, 3.05) is 6.61 Å². The Morgan fingerprint density at radius 1 is 0.907 bits per heavy atom. The molecule has 8 atom stereocenters. The quantitative estimate of drug-likeness (QED) is 0.304. The molecule has 0 bridgehead atoms. The van der Waals surface area contributed by atoms with Crippen LogP contribution in [-0.2, 0) is 41.5 Å². The summed E-state index contributed by atoms with van der Waals surface area (Å²) in [5.41, 5.74) is 2.79. The fourth-order valence-electron chi connectivity index (χ4n) is 5.38. The average molecular weight is 591 g/mol. The molecule has 0 radical (unpaired) electrons. The van der Waals surface area contributed by atoms with Crippen LogP contribution < -0.4 is 10.6 Å². The Morgan fingerprint density at radius 2 is 1.53 bits per heavy atom. The molecule has 2 heterocycles. The lowest BCUT2D eigenvalue weighted by Crippen LogP contribution is -2.68. The maximum Gasteiger partial charge on any atom is 0.405 e. The normalized spacial score (nSPS) is 26.5. The van der Waals surface area contributed by atoms with Gasteiger partial charge in [0.15, 0.2) is 12.6 Å². The van der Waals surface area contributed by atoms with E-state index in [1.54, 1.807) is 6.92 Å². The number of hydrogen-bond acceptors (Lipinski definition) is 7. The Bertz CT molecular complexity index is 1310. The molecular formula is C33H38N2O8. The summed E-state index contributed by atoms with van der Waals surface area (Å²) in [6, 6.07) is 27.6. The van der Waals surface area contributed by atoms with Gasteiger partial charge >= 0.3 is 6.09 Å². The van der Waals surface area contributed by atoms with Gasteiger partial charge in [0.1, 0.15) is 30.5 Å². The van der Waals surface area contributed by atoms with Crippen LogP contribution in [0.2, 0.25) is 0 Å². The van der Waals surface area contributed by atoms with Crippen LogP contribution in [0.4, 0.5) is 4.79 Å². The minimum absolute atomic E-state index is 0.153. The van der Waals surface area contributed by atoms with Crippen molar-refractivity contribution in [2.24, 2.45) is 0 Å². The van der Waals surface area contributed by atoms with E-state index in [2.05, 4.69) is 10.6 Å². The number of nitrogens with one attached hydrogen (secondary N) is 2. The van der Waals surface area contributed by atoms with Crippen LogP contribution in [0.25, 0.3) is 0 Å². The van der Waals surface area contributed by atoms with E-state index in [1.807, 2.05) is 97.9 Å². The molecule has 2 amide bonds. The van der Waals surface area contributed by atoms with Crippen LogP contribution in [0, 0.1) is 0 Å². The van der Waals surface area contributed by atoms with E-state index in [9.17, 15) is 14.7 Å². The third-order valence-electron chi connectivity index (χ3n) is 7.46. The Balaban J connectivity index is 1.35. The lowest BCUT2D eigenvalue weighted by Gasteiger charge is -2.49. The number of amides is 2. The van der Waals surface area contributed by atoms with Crippen molar-refractivity contribution >= 4 is 12.0 Å². The first kappa shape index (κ1) is 30.7. The van der Waals surface area contributed by atoms with Gasteiger partial charge in [-0.05, 0) is 31.4 Å². The molecule has 3 aromatic rings. The second kappa shape index (κ2) is 14.6. The fourth-order valence-corrected chi connectivity index (χ4v) is 5.38. The summed E-state index contributed by atoms with van der Waals surface area (Å²) in [6.07, 6.45) is -5.65. The van der Waals surface area contributed by atoms with Crippen molar-refractivity contribution in [3.63, 3.8) is 0 Å². The molecule has 43 heavy (non-hydrogen) atoms. The number of benzene rings is 3. The standard InChI is InChI=1S/C33H38N2O8/c1-21(18-23-12-6-3-7-13-23)34-30(36)22(2)41-29-27(35-33(37)38)32(39-19-24-14-8-4-9-15-24)42-26-20-40-31(43-28(26)29)25-16-10-5-11-17-25/h3-17,21-22,26-29,31-32,35H,18-20H2,1-2H3,(H,34,36)(H,37,38)/t21?,22?,26-,27-,28-,29-,31-,32-/m1/s1. The van der Waals surface area contributed by atoms with Crippen molar-refractivity contribution in [3.8, 4) is 0 Å². The van der Waals surface area contributed by atoms with E-state index in [-0.39, 0.29) is 25.2 Å². The molecule has 0 saturated carbocycles. The number of fused-ring (bicyclic) bond motifs is 1. The minimum atomic E-state index is -1.28. The number of carboxylic acid groups (broad SMARTS) is 1. The Labute approximate surface area is 251 Å². The number of carbonyl (C=O) groups is 2. The second-order valence-corrected chi connectivity index (χ2v) is 10.8. The predicted octanol–water partition coefficient (Wildman–Crippen LogP) is 4.20. The predicted molar refractivity (Wildman–Crippen MR) is 157 cm³/mol. The second-order valence-electron chi connectivity index (χ2n) is 10.8. The van der Waals surface area contributed by atoms with Gasteiger partial charge in [0, 0.05) is 11.6 Å². The topological polar surface area (TPSA) is 125 Å². The van der Waals surface area contributed by atoms with Gasteiger partial charge in [-0.15, -0.1) is 0 Å². The molecule has 0 aliphatic carbocycles. The highest BCUT2D eigenvalue weighted by Crippen LogP contribution is 2.36. The first-order valence-electron chi connectivity index (χ1n) is 14.5. The van der Waals surface area contributed by atoms with Crippen LogP contribution in [0.5, 0.6) is 0 Å². The van der Waals surface area contributed by atoms with Gasteiger partial charge in [-0.1, -0.05) is 91.0 Å². The summed E-state index contributed by atoms with van der Waals surface area (Å²) in [5.74, 6) is -0.325. The van der Waals surface area contributed by atoms with E-state index in [0.717, 1.165) is 16.7 Å². The molecule has 2 aliphatic rings. The molecule has 10 nitrogen and oxygen atoms in total. The lowest BCUT2D eigenvalue weighted by atomic mass is 9.95. The summed E-state index contributed by atoms with van der Waals surface area (Å²) in [7, 11) is 0. The van der Waals surface area contributed by atoms with Gasteiger partial charge in [-0.2, -0.15) is 0 Å². The lowest BCUT2D eigenvalue weighted by molar-refractivity contribution is -0.351. The van der Waals surface area contributed by atoms with Crippen LogP contribution in [0.3, 0.4) is 0 Å². The van der Waals surface area contributed by atoms with Crippen molar-refractivity contribution in [3.05, 3.63) is 108 Å². The molecular weight excluding hydrogens is 552 g/mol. The van der Waals surface area contributed by atoms with Crippen molar-refractivity contribution in [1.82, 2.24) is 10.6 Å². The Kier molecular flexibility index (Phi) is 10.4. The zero-order valence-electron chi connectivity index (χ0n) is 24.2. The molecule has 228 valence electrons. The van der Waals surface area contributed by atoms with Crippen molar-refractivity contribution in [2.45, 2.75) is 76.0 Å². The first-order valence-corrected chi connectivity index (χ1v) is 14.5. The first-order chi connectivity index (χ1) is 20.9. The Morgan fingerprint density at radius 3 is 2.19 bits per heavy atom. The van der Waals surface area contributed by atoms with Gasteiger partial charge in [0.25, 0.3) is 0 Å². The number of hydrogen-bond donors (Lipinski definition) is 3. The summed E-state index contributed by atoms with van der Waals surface area (Å²) in [6.45, 7) is 3.90. The van der Waals surface area contributed by atoms with Crippen LogP contribution in [-0.4, -0.2) is 66.5 Å². The molecule has 3 N–H and O–H groups in total. The zero-order valence-corrected chi connectivity index (χ0v) is 24.2. The van der Waals surface area contributed by atoms with E-state index in [1.165, 1.54) is 0 Å². The maximum atomic E-state index is 13.3. The van der Waals surface area contributed by atoms with Gasteiger partial charge in [-0.3, -0.25) is 4.79 Å². The van der Waals surface area contributed by atoms with E-state index in [4.69, 9.17) is 23.7 Å². The SMILES string of the molecule is CC(Cc1ccccc1)NC(=O)C(C)O[C@@H]1[C@@H](NC(=O)O)[C@H](OCc2ccccc2)O[C@@H]2CO[C@@H](c3ccccc3)O[C@@H]12. The highest BCUT2D eigenvalue weighted by molar-refractivity contribution is 5.80. The monoisotopic (exact) mass is 590 g/mol. The fraction of sp³-hybridized carbons (Fsp3) is 0.394. The van der Waals surface area contributed by atoms with Crippen LogP contribution >= 0.6 is 0 Å². The molecule has 5 rings (SSSR count). The summed E-state index contributed by atoms with van der Waals surface area (Å²) < 4.78 is 31.1. The molecule has 2 saturated heterocycles. The highest BCUT2D eigenvalue weighted by atomic mass is 16.8. The molecule has 0 spiro atoms. The molecule has 10 heteroatoms. The van der Waals surface area contributed by atoms with Gasteiger partial charge in [-0.25, -0.2) is 4.79 Å². The minimum Gasteiger partial charge on any atom is -0.465 e. The number of carbonyl (C=O) groups excluding carboxylic acids is 1. The zero-order chi connectivity index (χ0) is 30.2. The van der Waals surface area contributed by atoms with Crippen LogP contribution in [0.15, 0.2) is 91.0 Å². The number of ether oxygens (including phenoxy) is 5. The largest absolute Gasteiger partial charge is 0.465 e. The summed E-state index contributed by atoms with van der Waals surface area (Å²) in [4.78, 5) is 25.3. The van der Waals surface area contributed by atoms with Gasteiger partial charge in [0.05, 0.1) is 13.2 Å². The summed E-state index contributed by atoms with van der Waals surface area (Å²) >= 11 is 0. The number of rotatable bonds is 11. The molecule has 0 aromatic heterocycles. The molecule has 2 fully saturated rings. The summed E-state index contributed by atoms with van der Waals surface area (Å²) in [5, 5.41) is 15.3. The highest BCUT2D eigenvalue weighted by Gasteiger charge is 2.52. The third kappa shape index (κ3) is 8.19. The average Bonchev–Trinajstić information content (AvgIpc) is 3.02. The molecule has 2 aliphatic heterocycles.